The molecule has 3 N–H and O–H groups in total. The summed E-state index contributed by atoms with van der Waals surface area (Å²) in [6, 6.07) is 11.0. The zero-order valence-electron chi connectivity index (χ0n) is 15.3. The third kappa shape index (κ3) is 4.74. The highest BCUT2D eigenvalue weighted by molar-refractivity contribution is 7.89. The van der Waals surface area contributed by atoms with Crippen LogP contribution in [0.4, 0.5) is 11.4 Å². The summed E-state index contributed by atoms with van der Waals surface area (Å²) in [7, 11) is -2.38. The normalized spacial score (nSPS) is 14.8. The Kier molecular flexibility index (Phi) is 7.25. The number of carbonyl (C=O) groups is 1. The minimum atomic E-state index is -3.78. The van der Waals surface area contributed by atoms with Crippen LogP contribution in [0.5, 0.6) is 5.75 Å². The van der Waals surface area contributed by atoms with Gasteiger partial charge in [0.25, 0.3) is 5.91 Å². The van der Waals surface area contributed by atoms with E-state index in [0.29, 0.717) is 30.2 Å². The van der Waals surface area contributed by atoms with E-state index in [1.807, 2.05) is 0 Å². The van der Waals surface area contributed by atoms with Crippen LogP contribution in [-0.4, -0.2) is 52.0 Å². The van der Waals surface area contributed by atoms with Crippen molar-refractivity contribution >= 4 is 39.7 Å². The first-order valence-electron chi connectivity index (χ1n) is 8.34. The van der Waals surface area contributed by atoms with Crippen LogP contribution < -0.4 is 15.8 Å². The fourth-order valence-corrected chi connectivity index (χ4v) is 4.35. The molecular formula is C18H22ClN3O5S. The maximum Gasteiger partial charge on any atom is 0.255 e. The SMILES string of the molecule is COc1ccc(NC(=O)c2cccc(N)c2)cc1S(=O)(=O)N1CCOCC1.Cl. The van der Waals surface area contributed by atoms with E-state index >= 15 is 0 Å². The third-order valence-corrected chi connectivity index (χ3v) is 6.08. The summed E-state index contributed by atoms with van der Waals surface area (Å²) in [4.78, 5) is 12.4. The number of methoxy groups -OCH3 is 1. The Bertz CT molecular complexity index is 946. The fourth-order valence-electron chi connectivity index (χ4n) is 2.77. The van der Waals surface area contributed by atoms with E-state index in [-0.39, 0.29) is 42.0 Å². The van der Waals surface area contributed by atoms with Crippen LogP contribution in [0, 0.1) is 0 Å². The molecule has 0 aromatic heterocycles. The number of hydrogen-bond acceptors (Lipinski definition) is 6. The van der Waals surface area contributed by atoms with Crippen LogP contribution in [-0.2, 0) is 14.8 Å². The quantitative estimate of drug-likeness (QED) is 0.706. The average molecular weight is 428 g/mol. The Morgan fingerprint density at radius 3 is 2.54 bits per heavy atom. The van der Waals surface area contributed by atoms with Gasteiger partial charge >= 0.3 is 0 Å². The number of nitrogens with two attached hydrogens (primary N) is 1. The van der Waals surface area contributed by atoms with Gasteiger partial charge in [0.1, 0.15) is 10.6 Å². The highest BCUT2D eigenvalue weighted by atomic mass is 35.5. The standard InChI is InChI=1S/C18H21N3O5S.ClH/c1-25-16-6-5-15(20-18(22)13-3-2-4-14(19)11-13)12-17(16)27(23,24)21-7-9-26-10-8-21;/h2-6,11-12H,7-10,19H2,1H3,(H,20,22);1H. The molecule has 0 saturated carbocycles. The van der Waals surface area contributed by atoms with E-state index in [1.165, 1.54) is 23.5 Å². The van der Waals surface area contributed by atoms with Gasteiger partial charge in [0.2, 0.25) is 10.0 Å². The molecule has 8 nitrogen and oxygen atoms in total. The number of benzene rings is 2. The number of hydrogen-bond donors (Lipinski definition) is 2. The Labute approximate surface area is 170 Å². The number of nitrogen functional groups attached to an aromatic ring is 1. The minimum absolute atomic E-state index is 0. The topological polar surface area (TPSA) is 111 Å². The number of nitrogens with one attached hydrogen (secondary N) is 1. The second-order valence-electron chi connectivity index (χ2n) is 5.96. The Morgan fingerprint density at radius 1 is 1.18 bits per heavy atom. The maximum atomic E-state index is 13.0. The number of anilines is 2. The molecule has 1 saturated heterocycles. The molecule has 0 spiro atoms. The van der Waals surface area contributed by atoms with Crippen LogP contribution in [0.2, 0.25) is 0 Å². The van der Waals surface area contributed by atoms with Gasteiger partial charge in [0.05, 0.1) is 20.3 Å². The molecule has 2 aromatic rings. The monoisotopic (exact) mass is 427 g/mol. The lowest BCUT2D eigenvalue weighted by atomic mass is 10.2. The van der Waals surface area contributed by atoms with Crippen molar-refractivity contribution in [3.8, 4) is 5.75 Å². The van der Waals surface area contributed by atoms with Crippen molar-refractivity contribution in [3.05, 3.63) is 48.0 Å². The van der Waals surface area contributed by atoms with Crippen LogP contribution in [0.25, 0.3) is 0 Å². The number of rotatable bonds is 5. The Balaban J connectivity index is 0.00000280. The first kappa shape index (κ1) is 22.0. The van der Waals surface area contributed by atoms with E-state index in [9.17, 15) is 13.2 Å². The number of morpholine rings is 1. The summed E-state index contributed by atoms with van der Waals surface area (Å²) >= 11 is 0. The number of nitrogens with zero attached hydrogens (tertiary/aromatic N) is 1. The van der Waals surface area contributed by atoms with Crippen molar-refractivity contribution in [2.24, 2.45) is 0 Å². The van der Waals surface area contributed by atoms with Crippen molar-refractivity contribution in [3.63, 3.8) is 0 Å². The molecule has 0 bridgehead atoms. The Hall–Kier alpha value is -2.33. The summed E-state index contributed by atoms with van der Waals surface area (Å²) < 4.78 is 37.7. The molecule has 1 fully saturated rings. The fraction of sp³-hybridized carbons (Fsp3) is 0.278. The van der Waals surface area contributed by atoms with E-state index in [0.717, 1.165) is 0 Å². The lowest BCUT2D eigenvalue weighted by Gasteiger charge is -2.26. The van der Waals surface area contributed by atoms with Gasteiger partial charge in [-0.1, -0.05) is 6.07 Å². The van der Waals surface area contributed by atoms with Gasteiger partial charge < -0.3 is 20.5 Å². The second-order valence-corrected chi connectivity index (χ2v) is 7.87. The lowest BCUT2D eigenvalue weighted by Crippen LogP contribution is -2.40. The molecule has 10 heteroatoms. The summed E-state index contributed by atoms with van der Waals surface area (Å²) in [5.74, 6) is -0.175. The number of carbonyl (C=O) groups excluding carboxylic acids is 1. The van der Waals surface area contributed by atoms with Crippen molar-refractivity contribution in [1.29, 1.82) is 0 Å². The summed E-state index contributed by atoms with van der Waals surface area (Å²) in [5.41, 5.74) is 6.89. The highest BCUT2D eigenvalue weighted by Gasteiger charge is 2.29. The van der Waals surface area contributed by atoms with E-state index in [1.54, 1.807) is 30.3 Å². The molecule has 28 heavy (non-hydrogen) atoms. The van der Waals surface area contributed by atoms with Crippen LogP contribution >= 0.6 is 12.4 Å². The second kappa shape index (κ2) is 9.24. The molecule has 1 heterocycles. The molecule has 1 aliphatic heterocycles. The molecule has 1 aliphatic rings. The van der Waals surface area contributed by atoms with Crippen LogP contribution in [0.15, 0.2) is 47.4 Å². The van der Waals surface area contributed by atoms with Crippen molar-refractivity contribution in [2.45, 2.75) is 4.90 Å². The summed E-state index contributed by atoms with van der Waals surface area (Å²) in [6.07, 6.45) is 0. The predicted octanol–water partition coefficient (Wildman–Crippen LogP) is 1.97. The van der Waals surface area contributed by atoms with Gasteiger partial charge in [0, 0.05) is 30.0 Å². The van der Waals surface area contributed by atoms with Gasteiger partial charge in [-0.25, -0.2) is 8.42 Å². The number of halogens is 1. The van der Waals surface area contributed by atoms with Crippen LogP contribution in [0.3, 0.4) is 0 Å². The molecule has 0 unspecified atom stereocenters. The molecule has 0 aliphatic carbocycles. The van der Waals surface area contributed by atoms with Gasteiger partial charge in [-0.2, -0.15) is 4.31 Å². The predicted molar refractivity (Wildman–Crippen MR) is 109 cm³/mol. The van der Waals surface area contributed by atoms with Crippen molar-refractivity contribution in [1.82, 2.24) is 4.31 Å². The molecular weight excluding hydrogens is 406 g/mol. The molecule has 1 amide bonds. The first-order valence-corrected chi connectivity index (χ1v) is 9.78. The first-order chi connectivity index (χ1) is 12.9. The smallest absolute Gasteiger partial charge is 0.255 e. The molecule has 2 aromatic carbocycles. The maximum absolute atomic E-state index is 13.0. The van der Waals surface area contributed by atoms with Crippen molar-refractivity contribution in [2.75, 3.05) is 44.5 Å². The van der Waals surface area contributed by atoms with E-state index in [2.05, 4.69) is 5.32 Å². The average Bonchev–Trinajstić information content (AvgIpc) is 2.68. The molecule has 3 rings (SSSR count). The highest BCUT2D eigenvalue weighted by Crippen LogP contribution is 2.30. The number of amides is 1. The zero-order chi connectivity index (χ0) is 19.4. The zero-order valence-corrected chi connectivity index (χ0v) is 16.9. The largest absolute Gasteiger partial charge is 0.495 e. The van der Waals surface area contributed by atoms with Crippen LogP contribution in [0.1, 0.15) is 10.4 Å². The minimum Gasteiger partial charge on any atom is -0.495 e. The molecule has 0 radical (unpaired) electrons. The molecule has 0 atom stereocenters. The van der Waals surface area contributed by atoms with Gasteiger partial charge in [-0.05, 0) is 36.4 Å². The van der Waals surface area contributed by atoms with Crippen molar-refractivity contribution < 1.29 is 22.7 Å². The summed E-state index contributed by atoms with van der Waals surface area (Å²) in [6.45, 7) is 1.22. The lowest BCUT2D eigenvalue weighted by molar-refractivity contribution is 0.0729. The third-order valence-electron chi connectivity index (χ3n) is 4.16. The number of ether oxygens (including phenoxy) is 2. The van der Waals surface area contributed by atoms with E-state index in [4.69, 9.17) is 15.2 Å². The number of sulfonamides is 1. The van der Waals surface area contributed by atoms with E-state index < -0.39 is 10.0 Å². The van der Waals surface area contributed by atoms with Gasteiger partial charge in [0.15, 0.2) is 0 Å². The Morgan fingerprint density at radius 2 is 1.89 bits per heavy atom. The summed E-state index contributed by atoms with van der Waals surface area (Å²) in [5, 5.41) is 2.69. The molecule has 152 valence electrons. The van der Waals surface area contributed by atoms with Gasteiger partial charge in [-0.15, -0.1) is 12.4 Å². The van der Waals surface area contributed by atoms with Gasteiger partial charge in [-0.3, -0.25) is 4.79 Å².